The van der Waals surface area contributed by atoms with Crippen molar-refractivity contribution in [3.05, 3.63) is 47.4 Å². The third-order valence-corrected chi connectivity index (χ3v) is 5.51. The monoisotopic (exact) mass is 408 g/mol. The van der Waals surface area contributed by atoms with Crippen molar-refractivity contribution in [2.45, 2.75) is 25.8 Å². The lowest BCUT2D eigenvalue weighted by molar-refractivity contribution is -0.904. The zero-order valence-electron chi connectivity index (χ0n) is 15.7. The van der Waals surface area contributed by atoms with Gasteiger partial charge in [0.25, 0.3) is 0 Å². The van der Waals surface area contributed by atoms with Gasteiger partial charge in [0.2, 0.25) is 0 Å². The van der Waals surface area contributed by atoms with Gasteiger partial charge in [-0.15, -0.1) is 0 Å². The molecule has 3 rings (SSSR count). The number of anilines is 1. The van der Waals surface area contributed by atoms with Gasteiger partial charge in [-0.2, -0.15) is 0 Å². The Kier molecular flexibility index (Phi) is 7.38. The topological polar surface area (TPSA) is 42.1 Å². The molecule has 0 amide bonds. The van der Waals surface area contributed by atoms with Crippen LogP contribution in [-0.4, -0.2) is 43.3 Å². The average Bonchev–Trinajstić information content (AvgIpc) is 3.19. The fourth-order valence-corrected chi connectivity index (χ4v) is 3.85. The van der Waals surface area contributed by atoms with E-state index in [1.54, 1.807) is 24.3 Å². The van der Waals surface area contributed by atoms with Crippen LogP contribution in [0.4, 0.5) is 5.69 Å². The van der Waals surface area contributed by atoms with Crippen molar-refractivity contribution in [3.63, 3.8) is 0 Å². The molecule has 27 heavy (non-hydrogen) atoms. The van der Waals surface area contributed by atoms with Gasteiger partial charge in [0.1, 0.15) is 11.5 Å². The third-order valence-electron chi connectivity index (χ3n) is 4.91. The smallest absolute Gasteiger partial charge is 0.174 e. The number of piperidine rings is 1. The van der Waals surface area contributed by atoms with Crippen molar-refractivity contribution >= 4 is 34.6 Å². The van der Waals surface area contributed by atoms with Crippen molar-refractivity contribution in [3.8, 4) is 5.75 Å². The van der Waals surface area contributed by atoms with E-state index < -0.39 is 0 Å². The minimum Gasteiger partial charge on any atom is -0.495 e. The first-order valence-corrected chi connectivity index (χ1v) is 10.2. The van der Waals surface area contributed by atoms with Crippen molar-refractivity contribution in [2.24, 2.45) is 0 Å². The predicted octanol–water partition coefficient (Wildman–Crippen LogP) is 3.21. The number of furan rings is 1. The highest BCUT2D eigenvalue weighted by Crippen LogP contribution is 2.28. The number of ether oxygens (including phenoxy) is 1. The Morgan fingerprint density at radius 2 is 2.11 bits per heavy atom. The number of quaternary nitrogens is 1. The summed E-state index contributed by atoms with van der Waals surface area (Å²) in [5.41, 5.74) is 0.768. The summed E-state index contributed by atoms with van der Waals surface area (Å²) in [5.74, 6) is 1.60. The first-order chi connectivity index (χ1) is 13.2. The lowest BCUT2D eigenvalue weighted by Gasteiger charge is -2.29. The number of methoxy groups -OCH3 is 1. The SMILES string of the molecule is COc1ccc(Cl)cc1NC(=S)N(CC[NH+]1CCCCC1)Cc1ccco1. The standard InChI is InChI=1S/C20H26ClN3O2S/c1-25-19-8-7-16(21)14-18(19)22-20(27)24(15-17-6-5-13-26-17)12-11-23-9-3-2-4-10-23/h5-8,13-14H,2-4,9-12,15H2,1H3,(H,22,27)/p+1. The molecule has 7 heteroatoms. The van der Waals surface area contributed by atoms with Crippen molar-refractivity contribution < 1.29 is 14.1 Å². The summed E-state index contributed by atoms with van der Waals surface area (Å²) >= 11 is 11.9. The molecule has 0 unspecified atom stereocenters. The lowest BCUT2D eigenvalue weighted by atomic mass is 10.1. The predicted molar refractivity (Wildman–Crippen MR) is 113 cm³/mol. The highest BCUT2D eigenvalue weighted by atomic mass is 35.5. The maximum Gasteiger partial charge on any atom is 0.174 e. The van der Waals surface area contributed by atoms with E-state index in [9.17, 15) is 0 Å². The number of hydrogen-bond acceptors (Lipinski definition) is 3. The average molecular weight is 409 g/mol. The van der Waals surface area contributed by atoms with Crippen LogP contribution in [0.25, 0.3) is 0 Å². The van der Waals surface area contributed by atoms with E-state index >= 15 is 0 Å². The van der Waals surface area contributed by atoms with E-state index in [-0.39, 0.29) is 0 Å². The van der Waals surface area contributed by atoms with E-state index in [1.807, 2.05) is 24.3 Å². The Hall–Kier alpha value is -1.76. The molecule has 5 nitrogen and oxygen atoms in total. The number of halogens is 1. The second-order valence-corrected chi connectivity index (χ2v) is 7.66. The van der Waals surface area contributed by atoms with Crippen LogP contribution in [0.5, 0.6) is 5.75 Å². The van der Waals surface area contributed by atoms with E-state index in [2.05, 4.69) is 10.2 Å². The molecule has 0 atom stereocenters. The molecule has 1 fully saturated rings. The number of thiocarbonyl (C=S) groups is 1. The largest absolute Gasteiger partial charge is 0.495 e. The van der Waals surface area contributed by atoms with E-state index in [4.69, 9.17) is 33.0 Å². The molecule has 2 N–H and O–H groups in total. The molecule has 1 aliphatic heterocycles. The summed E-state index contributed by atoms with van der Waals surface area (Å²) in [6.07, 6.45) is 5.68. The fourth-order valence-electron chi connectivity index (χ4n) is 3.41. The molecule has 1 aliphatic rings. The molecule has 0 radical (unpaired) electrons. The summed E-state index contributed by atoms with van der Waals surface area (Å²) in [6, 6.07) is 9.34. The maximum atomic E-state index is 6.14. The fraction of sp³-hybridized carbons (Fsp3) is 0.450. The molecule has 0 bridgehead atoms. The van der Waals surface area contributed by atoms with Gasteiger partial charge in [0, 0.05) is 5.02 Å². The minimum atomic E-state index is 0.634. The normalized spacial score (nSPS) is 14.7. The number of nitrogens with one attached hydrogen (secondary N) is 2. The highest BCUT2D eigenvalue weighted by molar-refractivity contribution is 7.80. The number of likely N-dealkylation sites (tertiary alicyclic amines) is 1. The summed E-state index contributed by atoms with van der Waals surface area (Å²) in [5, 5.41) is 4.58. The van der Waals surface area contributed by atoms with Crippen LogP contribution in [-0.2, 0) is 6.54 Å². The van der Waals surface area contributed by atoms with Crippen LogP contribution in [0, 0.1) is 0 Å². The second-order valence-electron chi connectivity index (χ2n) is 6.84. The molecule has 2 aromatic rings. The summed E-state index contributed by atoms with van der Waals surface area (Å²) in [6.45, 7) is 5.06. The van der Waals surface area contributed by atoms with Gasteiger partial charge >= 0.3 is 0 Å². The highest BCUT2D eigenvalue weighted by Gasteiger charge is 2.19. The van der Waals surface area contributed by atoms with Gasteiger partial charge in [0.15, 0.2) is 5.11 Å². The molecule has 1 saturated heterocycles. The third kappa shape index (κ3) is 5.86. The van der Waals surface area contributed by atoms with Crippen LogP contribution < -0.4 is 15.0 Å². The molecule has 0 aliphatic carbocycles. The van der Waals surface area contributed by atoms with Gasteiger partial charge in [-0.25, -0.2) is 0 Å². The van der Waals surface area contributed by atoms with E-state index in [0.717, 1.165) is 24.5 Å². The lowest BCUT2D eigenvalue weighted by Crippen LogP contribution is -3.13. The first-order valence-electron chi connectivity index (χ1n) is 9.41. The summed E-state index contributed by atoms with van der Waals surface area (Å²) in [4.78, 5) is 3.80. The number of rotatable bonds is 7. The van der Waals surface area contributed by atoms with Crippen LogP contribution in [0.2, 0.25) is 5.02 Å². The van der Waals surface area contributed by atoms with Crippen molar-refractivity contribution in [1.82, 2.24) is 4.90 Å². The van der Waals surface area contributed by atoms with Crippen LogP contribution in [0.1, 0.15) is 25.0 Å². The second kappa shape index (κ2) is 9.97. The van der Waals surface area contributed by atoms with Crippen LogP contribution in [0.15, 0.2) is 41.0 Å². The van der Waals surface area contributed by atoms with Crippen molar-refractivity contribution in [2.75, 3.05) is 38.6 Å². The molecule has 0 saturated carbocycles. The molecular weight excluding hydrogens is 382 g/mol. The summed E-state index contributed by atoms with van der Waals surface area (Å²) < 4.78 is 11.0. The van der Waals surface area contributed by atoms with Gasteiger partial charge < -0.3 is 24.3 Å². The van der Waals surface area contributed by atoms with Crippen molar-refractivity contribution in [1.29, 1.82) is 0 Å². The zero-order chi connectivity index (χ0) is 19.1. The maximum absolute atomic E-state index is 6.14. The molecule has 1 aromatic carbocycles. The Balaban J connectivity index is 1.68. The number of hydrogen-bond donors (Lipinski definition) is 2. The molecule has 1 aromatic heterocycles. The van der Waals surface area contributed by atoms with E-state index in [1.165, 1.54) is 32.4 Å². The minimum absolute atomic E-state index is 0.634. The Labute approximate surface area is 171 Å². The van der Waals surface area contributed by atoms with E-state index in [0.29, 0.717) is 22.4 Å². The van der Waals surface area contributed by atoms with Crippen LogP contribution in [0.3, 0.4) is 0 Å². The Morgan fingerprint density at radius 3 is 2.81 bits per heavy atom. The number of nitrogens with zero attached hydrogens (tertiary/aromatic N) is 1. The molecule has 146 valence electrons. The molecular formula is C20H27ClN3O2S+. The van der Waals surface area contributed by atoms with Gasteiger partial charge in [-0.1, -0.05) is 11.6 Å². The number of benzene rings is 1. The van der Waals surface area contributed by atoms with Gasteiger partial charge in [-0.05, 0) is 61.8 Å². The first kappa shape index (κ1) is 20.0. The Bertz CT molecular complexity index is 733. The summed E-state index contributed by atoms with van der Waals surface area (Å²) in [7, 11) is 1.64. The van der Waals surface area contributed by atoms with Gasteiger partial charge in [0.05, 0.1) is 51.8 Å². The molecule has 2 heterocycles. The zero-order valence-corrected chi connectivity index (χ0v) is 17.2. The Morgan fingerprint density at radius 1 is 1.30 bits per heavy atom. The quantitative estimate of drug-likeness (QED) is 0.688. The van der Waals surface area contributed by atoms with Crippen LogP contribution >= 0.6 is 23.8 Å². The molecule has 0 spiro atoms. The van der Waals surface area contributed by atoms with Gasteiger partial charge in [-0.3, -0.25) is 0 Å².